The Hall–Kier alpha value is -2.28. The van der Waals surface area contributed by atoms with Crippen LogP contribution in [-0.4, -0.2) is 43.2 Å². The number of amides is 1. The summed E-state index contributed by atoms with van der Waals surface area (Å²) in [5.41, 5.74) is 0.579. The van der Waals surface area contributed by atoms with E-state index in [4.69, 9.17) is 9.47 Å². The summed E-state index contributed by atoms with van der Waals surface area (Å²) in [5.74, 6) is 1.17. The zero-order chi connectivity index (χ0) is 18.4. The van der Waals surface area contributed by atoms with E-state index in [0.717, 1.165) is 24.5 Å². The van der Waals surface area contributed by atoms with E-state index in [0.29, 0.717) is 42.9 Å². The summed E-state index contributed by atoms with van der Waals surface area (Å²) < 4.78 is 11.2. The largest absolute Gasteiger partial charge is 0.490 e. The van der Waals surface area contributed by atoms with Crippen LogP contribution in [0.25, 0.3) is 0 Å². The van der Waals surface area contributed by atoms with Crippen LogP contribution >= 0.6 is 11.3 Å². The zero-order valence-corrected chi connectivity index (χ0v) is 16.1. The van der Waals surface area contributed by atoms with Crippen molar-refractivity contribution in [1.29, 1.82) is 0 Å². The number of aromatic nitrogens is 1. The van der Waals surface area contributed by atoms with Crippen molar-refractivity contribution in [3.63, 3.8) is 0 Å². The molecule has 140 valence electrons. The molecule has 1 amide bonds. The fraction of sp³-hybridized carbons (Fsp3) is 0.474. The molecular weight excluding hydrogens is 350 g/mol. The van der Waals surface area contributed by atoms with Crippen molar-refractivity contribution in [3.8, 4) is 11.5 Å². The standard InChI is InChI=1S/C19H25N3O3S/c1-3-24-16-8-7-14(12-17(16)25-4-2)18(23)21-13-15-6-5-10-22(15)19-20-9-11-26-19/h7-9,11-12,15H,3-6,10,13H2,1-2H3,(H,21,23). The lowest BCUT2D eigenvalue weighted by Crippen LogP contribution is -2.40. The van der Waals surface area contributed by atoms with E-state index in [9.17, 15) is 4.79 Å². The average Bonchev–Trinajstić information content (AvgIpc) is 3.32. The van der Waals surface area contributed by atoms with Gasteiger partial charge in [0.15, 0.2) is 16.6 Å². The van der Waals surface area contributed by atoms with Crippen LogP contribution in [0.5, 0.6) is 11.5 Å². The highest BCUT2D eigenvalue weighted by Gasteiger charge is 2.26. The van der Waals surface area contributed by atoms with Gasteiger partial charge in [-0.2, -0.15) is 0 Å². The summed E-state index contributed by atoms with van der Waals surface area (Å²) in [5, 5.41) is 6.07. The molecule has 1 aromatic carbocycles. The first-order valence-electron chi connectivity index (χ1n) is 9.07. The van der Waals surface area contributed by atoms with Crippen molar-refractivity contribution in [1.82, 2.24) is 10.3 Å². The number of carbonyl (C=O) groups excluding carboxylic acids is 1. The maximum Gasteiger partial charge on any atom is 0.251 e. The second kappa shape index (κ2) is 8.89. The van der Waals surface area contributed by atoms with E-state index in [1.54, 1.807) is 29.5 Å². The van der Waals surface area contributed by atoms with Gasteiger partial charge in [-0.1, -0.05) is 0 Å². The fourth-order valence-electron chi connectivity index (χ4n) is 3.16. The van der Waals surface area contributed by atoms with E-state index in [1.807, 2.05) is 25.4 Å². The number of anilines is 1. The van der Waals surface area contributed by atoms with Gasteiger partial charge in [0.05, 0.1) is 13.2 Å². The molecule has 6 nitrogen and oxygen atoms in total. The monoisotopic (exact) mass is 375 g/mol. The lowest BCUT2D eigenvalue weighted by Gasteiger charge is -2.24. The molecular formula is C19H25N3O3S. The minimum atomic E-state index is -0.0972. The van der Waals surface area contributed by atoms with Crippen molar-refractivity contribution in [2.24, 2.45) is 0 Å². The minimum absolute atomic E-state index is 0.0972. The molecule has 2 heterocycles. The smallest absolute Gasteiger partial charge is 0.251 e. The number of benzene rings is 1. The molecule has 26 heavy (non-hydrogen) atoms. The van der Waals surface area contributed by atoms with E-state index >= 15 is 0 Å². The number of rotatable bonds is 8. The highest BCUT2D eigenvalue weighted by atomic mass is 32.1. The van der Waals surface area contributed by atoms with Crippen LogP contribution in [-0.2, 0) is 0 Å². The van der Waals surface area contributed by atoms with Crippen molar-refractivity contribution in [3.05, 3.63) is 35.3 Å². The van der Waals surface area contributed by atoms with Gasteiger partial charge >= 0.3 is 0 Å². The molecule has 0 bridgehead atoms. The Balaban J connectivity index is 1.63. The molecule has 1 saturated heterocycles. The van der Waals surface area contributed by atoms with Crippen molar-refractivity contribution < 1.29 is 14.3 Å². The Kier molecular flexibility index (Phi) is 6.33. The fourth-order valence-corrected chi connectivity index (χ4v) is 3.90. The van der Waals surface area contributed by atoms with E-state index < -0.39 is 0 Å². The zero-order valence-electron chi connectivity index (χ0n) is 15.2. The van der Waals surface area contributed by atoms with Gasteiger partial charge in [-0.15, -0.1) is 11.3 Å². The molecule has 0 aliphatic carbocycles. The topological polar surface area (TPSA) is 63.7 Å². The molecule has 1 atom stereocenters. The molecule has 1 aliphatic heterocycles. The van der Waals surface area contributed by atoms with Crippen LogP contribution in [0.15, 0.2) is 29.8 Å². The van der Waals surface area contributed by atoms with E-state index in [-0.39, 0.29) is 5.91 Å². The Labute approximate surface area is 158 Å². The van der Waals surface area contributed by atoms with Gasteiger partial charge in [-0.05, 0) is 44.9 Å². The number of nitrogens with zero attached hydrogens (tertiary/aromatic N) is 2. The summed E-state index contributed by atoms with van der Waals surface area (Å²) in [6.45, 7) is 6.51. The van der Waals surface area contributed by atoms with Gasteiger partial charge in [0.25, 0.3) is 5.91 Å². The maximum atomic E-state index is 12.6. The van der Waals surface area contributed by atoms with Crippen LogP contribution in [0.1, 0.15) is 37.0 Å². The Morgan fingerprint density at radius 3 is 2.85 bits per heavy atom. The molecule has 0 spiro atoms. The molecule has 7 heteroatoms. The third-order valence-electron chi connectivity index (χ3n) is 4.35. The highest BCUT2D eigenvalue weighted by molar-refractivity contribution is 7.13. The van der Waals surface area contributed by atoms with Crippen LogP contribution in [0.2, 0.25) is 0 Å². The summed E-state index contributed by atoms with van der Waals surface area (Å²) in [4.78, 5) is 19.3. The molecule has 3 rings (SSSR count). The summed E-state index contributed by atoms with van der Waals surface area (Å²) in [7, 11) is 0. The Morgan fingerprint density at radius 1 is 1.31 bits per heavy atom. The Morgan fingerprint density at radius 2 is 2.12 bits per heavy atom. The average molecular weight is 375 g/mol. The number of thiazole rings is 1. The molecule has 2 aromatic rings. The number of hydrogen-bond acceptors (Lipinski definition) is 6. The lowest BCUT2D eigenvalue weighted by molar-refractivity contribution is 0.0951. The molecule has 1 N–H and O–H groups in total. The van der Waals surface area contributed by atoms with E-state index in [2.05, 4.69) is 15.2 Å². The maximum absolute atomic E-state index is 12.6. The molecule has 1 aromatic heterocycles. The summed E-state index contributed by atoms with van der Waals surface area (Å²) in [6, 6.07) is 5.60. The van der Waals surface area contributed by atoms with Crippen LogP contribution < -0.4 is 19.7 Å². The van der Waals surface area contributed by atoms with Gasteiger partial charge in [0.1, 0.15) is 0 Å². The summed E-state index contributed by atoms with van der Waals surface area (Å²) >= 11 is 1.64. The van der Waals surface area contributed by atoms with Gasteiger partial charge in [-0.3, -0.25) is 4.79 Å². The first-order valence-corrected chi connectivity index (χ1v) is 9.94. The van der Waals surface area contributed by atoms with Crippen molar-refractivity contribution >= 4 is 22.4 Å². The number of nitrogens with one attached hydrogen (secondary N) is 1. The Bertz CT molecular complexity index is 721. The predicted octanol–water partition coefficient (Wildman–Crippen LogP) is 3.34. The second-order valence-electron chi connectivity index (χ2n) is 6.04. The van der Waals surface area contributed by atoms with Crippen LogP contribution in [0.4, 0.5) is 5.13 Å². The minimum Gasteiger partial charge on any atom is -0.490 e. The van der Waals surface area contributed by atoms with Crippen molar-refractivity contribution in [2.75, 3.05) is 31.2 Å². The predicted molar refractivity (Wildman–Crippen MR) is 104 cm³/mol. The van der Waals surface area contributed by atoms with Crippen molar-refractivity contribution in [2.45, 2.75) is 32.7 Å². The molecule has 1 fully saturated rings. The molecule has 1 unspecified atom stereocenters. The second-order valence-corrected chi connectivity index (χ2v) is 6.91. The number of carbonyl (C=O) groups is 1. The normalized spacial score (nSPS) is 16.5. The van der Waals surface area contributed by atoms with Crippen LogP contribution in [0.3, 0.4) is 0 Å². The van der Waals surface area contributed by atoms with Gasteiger partial charge in [0, 0.05) is 36.3 Å². The first kappa shape index (κ1) is 18.5. The molecule has 0 saturated carbocycles. The van der Waals surface area contributed by atoms with Gasteiger partial charge in [0.2, 0.25) is 0 Å². The number of ether oxygens (including phenoxy) is 2. The SMILES string of the molecule is CCOc1ccc(C(=O)NCC2CCCN2c2nccs2)cc1OCC. The quantitative estimate of drug-likeness (QED) is 0.767. The number of hydrogen-bond donors (Lipinski definition) is 1. The molecule has 1 aliphatic rings. The third kappa shape index (κ3) is 4.27. The van der Waals surface area contributed by atoms with Gasteiger partial charge < -0.3 is 19.7 Å². The lowest BCUT2D eigenvalue weighted by atomic mass is 10.1. The first-order chi connectivity index (χ1) is 12.7. The van der Waals surface area contributed by atoms with Crippen LogP contribution in [0, 0.1) is 0 Å². The van der Waals surface area contributed by atoms with E-state index in [1.165, 1.54) is 0 Å². The molecule has 0 radical (unpaired) electrons. The van der Waals surface area contributed by atoms with Gasteiger partial charge in [-0.25, -0.2) is 4.98 Å². The highest BCUT2D eigenvalue weighted by Crippen LogP contribution is 2.29. The summed E-state index contributed by atoms with van der Waals surface area (Å²) in [6.07, 6.45) is 4.01. The third-order valence-corrected chi connectivity index (χ3v) is 5.15.